The quantitative estimate of drug-likeness (QED) is 0.435. The number of pyridine rings is 1. The van der Waals surface area contributed by atoms with Gasteiger partial charge in [-0.25, -0.2) is 27.1 Å². The summed E-state index contributed by atoms with van der Waals surface area (Å²) in [7, 11) is -2.18. The Labute approximate surface area is 188 Å². The van der Waals surface area contributed by atoms with Gasteiger partial charge in [-0.15, -0.1) is 0 Å². The molecule has 10 nitrogen and oxygen atoms in total. The molecular formula is C21H21FN4O6S. The predicted molar refractivity (Wildman–Crippen MR) is 115 cm³/mol. The molecule has 2 aromatic heterocycles. The van der Waals surface area contributed by atoms with Crippen LogP contribution in [0.4, 0.5) is 4.39 Å². The third-order valence-electron chi connectivity index (χ3n) is 4.00. The molecule has 1 aromatic carbocycles. The van der Waals surface area contributed by atoms with E-state index in [1.807, 2.05) is 0 Å². The van der Waals surface area contributed by atoms with Crippen LogP contribution in [-0.4, -0.2) is 52.4 Å². The summed E-state index contributed by atoms with van der Waals surface area (Å²) in [5, 5.41) is 22.7. The first kappa shape index (κ1) is 25.4. The monoisotopic (exact) mass is 476 g/mol. The average molecular weight is 476 g/mol. The van der Waals surface area contributed by atoms with Crippen molar-refractivity contribution >= 4 is 21.8 Å². The van der Waals surface area contributed by atoms with Gasteiger partial charge in [-0.3, -0.25) is 4.98 Å². The number of halogens is 1. The minimum Gasteiger partial charge on any atom is -0.478 e. The molecule has 0 fully saturated rings. The van der Waals surface area contributed by atoms with Gasteiger partial charge in [0.05, 0.1) is 10.6 Å². The zero-order valence-electron chi connectivity index (χ0n) is 17.6. The third-order valence-corrected chi connectivity index (χ3v) is 5.71. The smallest absolute Gasteiger partial charge is 0.328 e. The van der Waals surface area contributed by atoms with Crippen LogP contribution in [0.2, 0.25) is 0 Å². The summed E-state index contributed by atoms with van der Waals surface area (Å²) < 4.78 is 41.4. The number of hydrogen-bond acceptors (Lipinski definition) is 7. The van der Waals surface area contributed by atoms with E-state index in [4.69, 9.17) is 10.2 Å². The third kappa shape index (κ3) is 6.79. The van der Waals surface area contributed by atoms with E-state index in [2.05, 4.69) is 15.4 Å². The predicted octanol–water partition coefficient (Wildman–Crippen LogP) is 1.98. The van der Waals surface area contributed by atoms with E-state index in [1.165, 1.54) is 36.5 Å². The lowest BCUT2D eigenvalue weighted by molar-refractivity contribution is -0.134. The molecule has 0 aliphatic heterocycles. The summed E-state index contributed by atoms with van der Waals surface area (Å²) in [6.07, 6.45) is 2.41. The number of aromatic nitrogens is 3. The van der Waals surface area contributed by atoms with Gasteiger partial charge in [0.2, 0.25) is 9.84 Å². The number of aryl methyl sites for hydroxylation is 1. The lowest BCUT2D eigenvalue weighted by Crippen LogP contribution is -2.11. The molecule has 0 atom stereocenters. The van der Waals surface area contributed by atoms with Gasteiger partial charge >= 0.3 is 11.9 Å². The van der Waals surface area contributed by atoms with Crippen molar-refractivity contribution in [3.8, 4) is 5.69 Å². The molecule has 0 aliphatic rings. The lowest BCUT2D eigenvalue weighted by atomic mass is 10.3. The zero-order valence-corrected chi connectivity index (χ0v) is 18.5. The fraction of sp³-hybridized carbons (Fsp3) is 0.143. The maximum atomic E-state index is 14.2. The summed E-state index contributed by atoms with van der Waals surface area (Å²) >= 11 is 0. The molecule has 0 bridgehead atoms. The molecule has 174 valence electrons. The maximum absolute atomic E-state index is 14.2. The number of benzene rings is 1. The Kier molecular flexibility index (Phi) is 8.54. The number of nitrogens with one attached hydrogen (secondary N) is 1. The molecule has 0 unspecified atom stereocenters. The normalized spacial score (nSPS) is 11.1. The molecule has 3 rings (SSSR count). The molecule has 0 saturated heterocycles. The number of carboxylic acids is 2. The van der Waals surface area contributed by atoms with E-state index in [-0.39, 0.29) is 15.6 Å². The molecule has 0 saturated carbocycles. The molecule has 0 spiro atoms. The lowest BCUT2D eigenvalue weighted by Gasteiger charge is -2.09. The summed E-state index contributed by atoms with van der Waals surface area (Å²) in [4.78, 5) is 23.2. The Morgan fingerprint density at radius 1 is 1.12 bits per heavy atom. The second-order valence-electron chi connectivity index (χ2n) is 6.52. The minimum absolute atomic E-state index is 0.0339. The molecule has 0 amide bonds. The van der Waals surface area contributed by atoms with Gasteiger partial charge in [0, 0.05) is 36.7 Å². The molecule has 33 heavy (non-hydrogen) atoms. The van der Waals surface area contributed by atoms with Crippen molar-refractivity contribution in [2.75, 3.05) is 7.05 Å². The van der Waals surface area contributed by atoms with E-state index in [0.717, 1.165) is 4.68 Å². The molecule has 12 heteroatoms. The Morgan fingerprint density at radius 2 is 1.76 bits per heavy atom. The van der Waals surface area contributed by atoms with Crippen LogP contribution in [0.1, 0.15) is 11.4 Å². The Hall–Kier alpha value is -3.90. The highest BCUT2D eigenvalue weighted by atomic mass is 32.2. The summed E-state index contributed by atoms with van der Waals surface area (Å²) in [6, 6.07) is 10.4. The highest BCUT2D eigenvalue weighted by Crippen LogP contribution is 2.25. The van der Waals surface area contributed by atoms with Crippen LogP contribution < -0.4 is 5.32 Å². The SMILES string of the molecule is CNCc1cc(S(=O)(=O)c2ccc(C)nc2)n(-c2ccccc2F)n1.O=C(O)/C=C/C(=O)O. The van der Waals surface area contributed by atoms with Crippen molar-refractivity contribution < 1.29 is 32.6 Å². The van der Waals surface area contributed by atoms with Crippen LogP contribution in [0.5, 0.6) is 0 Å². The number of rotatable bonds is 7. The Bertz CT molecular complexity index is 1250. The molecule has 0 aliphatic carbocycles. The highest BCUT2D eigenvalue weighted by molar-refractivity contribution is 7.91. The van der Waals surface area contributed by atoms with Gasteiger partial charge in [-0.05, 0) is 38.2 Å². The molecule has 3 N–H and O–H groups in total. The standard InChI is InChI=1S/C17H17FN4O2S.C4H4O4/c1-12-7-8-14(11-20-12)25(23,24)17-9-13(10-19-2)21-22(17)16-6-4-3-5-15(16)18;5-3(6)1-2-4(7)8/h3-9,11,19H,10H2,1-2H3;1-2H,(H,5,6)(H,7,8)/b;2-1+. The largest absolute Gasteiger partial charge is 0.478 e. The van der Waals surface area contributed by atoms with Crippen molar-refractivity contribution in [2.45, 2.75) is 23.4 Å². The molecule has 3 aromatic rings. The minimum atomic E-state index is -3.91. The number of aliphatic carboxylic acids is 2. The second kappa shape index (κ2) is 11.1. The van der Waals surface area contributed by atoms with Gasteiger partial charge in [-0.1, -0.05) is 12.1 Å². The number of carboxylic acid groups (broad SMARTS) is 2. The topological polar surface area (TPSA) is 151 Å². The maximum Gasteiger partial charge on any atom is 0.328 e. The van der Waals surface area contributed by atoms with Crippen molar-refractivity contribution in [3.05, 3.63) is 78.0 Å². The van der Waals surface area contributed by atoms with Crippen molar-refractivity contribution in [3.63, 3.8) is 0 Å². The molecule has 2 heterocycles. The highest BCUT2D eigenvalue weighted by Gasteiger charge is 2.26. The molecule has 0 radical (unpaired) electrons. The Balaban J connectivity index is 0.000000414. The average Bonchev–Trinajstić information content (AvgIpc) is 3.18. The summed E-state index contributed by atoms with van der Waals surface area (Å²) in [6.45, 7) is 2.13. The number of nitrogens with zero attached hydrogens (tertiary/aromatic N) is 3. The first-order valence-electron chi connectivity index (χ1n) is 9.36. The van der Waals surface area contributed by atoms with Gasteiger partial charge in [0.15, 0.2) is 5.03 Å². The summed E-state index contributed by atoms with van der Waals surface area (Å²) in [5.74, 6) is -3.07. The first-order chi connectivity index (χ1) is 15.6. The van der Waals surface area contributed by atoms with Crippen LogP contribution in [0.3, 0.4) is 0 Å². The van der Waals surface area contributed by atoms with E-state index in [0.29, 0.717) is 30.1 Å². The fourth-order valence-corrected chi connectivity index (χ4v) is 3.88. The molecular weight excluding hydrogens is 455 g/mol. The van der Waals surface area contributed by atoms with Gasteiger partial charge in [0.1, 0.15) is 11.5 Å². The summed E-state index contributed by atoms with van der Waals surface area (Å²) in [5.41, 5.74) is 1.27. The zero-order chi connectivity index (χ0) is 24.6. The van der Waals surface area contributed by atoms with Crippen molar-refractivity contribution in [2.24, 2.45) is 0 Å². The van der Waals surface area contributed by atoms with Gasteiger partial charge < -0.3 is 15.5 Å². The van der Waals surface area contributed by atoms with Gasteiger partial charge in [0.25, 0.3) is 0 Å². The number of carbonyl (C=O) groups is 2. The first-order valence-corrected chi connectivity index (χ1v) is 10.8. The van der Waals surface area contributed by atoms with Crippen LogP contribution in [-0.2, 0) is 26.0 Å². The Morgan fingerprint density at radius 3 is 2.27 bits per heavy atom. The van der Waals surface area contributed by atoms with Crippen molar-refractivity contribution in [1.82, 2.24) is 20.1 Å². The van der Waals surface area contributed by atoms with Crippen LogP contribution in [0.15, 0.2) is 70.7 Å². The second-order valence-corrected chi connectivity index (χ2v) is 8.41. The fourth-order valence-electron chi connectivity index (χ4n) is 2.54. The van der Waals surface area contributed by atoms with Crippen LogP contribution in [0, 0.1) is 12.7 Å². The van der Waals surface area contributed by atoms with Crippen molar-refractivity contribution in [1.29, 1.82) is 0 Å². The van der Waals surface area contributed by atoms with E-state index in [1.54, 1.807) is 26.1 Å². The van der Waals surface area contributed by atoms with E-state index < -0.39 is 27.6 Å². The van der Waals surface area contributed by atoms with Crippen LogP contribution in [0.25, 0.3) is 5.69 Å². The number of sulfone groups is 1. The van der Waals surface area contributed by atoms with Gasteiger partial charge in [-0.2, -0.15) is 5.10 Å². The number of para-hydroxylation sites is 1. The van der Waals surface area contributed by atoms with E-state index in [9.17, 15) is 22.4 Å². The number of hydrogen-bond donors (Lipinski definition) is 3. The van der Waals surface area contributed by atoms with Crippen LogP contribution >= 0.6 is 0 Å². The van der Waals surface area contributed by atoms with E-state index >= 15 is 0 Å².